The van der Waals surface area contributed by atoms with Gasteiger partial charge >= 0.3 is 5.69 Å². The van der Waals surface area contributed by atoms with E-state index in [-0.39, 0.29) is 19.5 Å². The standard InChI is InChI=1S/C21H15F3N4O3.C2H6.2H2/c1-10-4-11(5-10)18(19(29)26-9-17-15(24)7-13(23)8-25-17)28-20(30)14-6-12(22)2-3-16(14)27-21(28)31;1-2;;/h2-3,6-8,18H,4,9H2,1H3,(H,26,29)(H,27,31);1-2H3;2*1H/t18-;;;/m0.../s1. The maximum absolute atomic E-state index is 13.8. The van der Waals surface area contributed by atoms with E-state index in [1.807, 2.05) is 13.8 Å². The van der Waals surface area contributed by atoms with Crippen LogP contribution in [0.3, 0.4) is 0 Å². The molecule has 1 atom stereocenters. The molecule has 0 spiro atoms. The molecule has 1 aromatic carbocycles. The molecule has 33 heavy (non-hydrogen) atoms. The summed E-state index contributed by atoms with van der Waals surface area (Å²) in [5.74, 6) is -3.29. The van der Waals surface area contributed by atoms with Gasteiger partial charge in [0.25, 0.3) is 5.56 Å². The van der Waals surface area contributed by atoms with Crippen molar-refractivity contribution in [3.05, 3.63) is 91.3 Å². The van der Waals surface area contributed by atoms with E-state index in [1.165, 1.54) is 6.07 Å². The van der Waals surface area contributed by atoms with Crippen LogP contribution in [0.1, 0.15) is 41.8 Å². The van der Waals surface area contributed by atoms with Gasteiger partial charge in [-0.1, -0.05) is 13.8 Å². The third kappa shape index (κ3) is 4.80. The van der Waals surface area contributed by atoms with Gasteiger partial charge in [0.1, 0.15) is 23.5 Å². The van der Waals surface area contributed by atoms with Crippen molar-refractivity contribution in [2.45, 2.75) is 39.8 Å². The third-order valence-corrected chi connectivity index (χ3v) is 4.87. The minimum atomic E-state index is -1.38. The summed E-state index contributed by atoms with van der Waals surface area (Å²) < 4.78 is 41.2. The number of benzene rings is 1. The van der Waals surface area contributed by atoms with Crippen molar-refractivity contribution in [3.8, 4) is 0 Å². The lowest BCUT2D eigenvalue weighted by Gasteiger charge is -2.24. The van der Waals surface area contributed by atoms with E-state index in [0.717, 1.165) is 23.9 Å². The van der Waals surface area contributed by atoms with Crippen LogP contribution in [0.5, 0.6) is 0 Å². The summed E-state index contributed by atoms with van der Waals surface area (Å²) in [6.45, 7) is 5.37. The van der Waals surface area contributed by atoms with Gasteiger partial charge in [-0.05, 0) is 30.7 Å². The van der Waals surface area contributed by atoms with E-state index in [4.69, 9.17) is 0 Å². The van der Waals surface area contributed by atoms with Crippen LogP contribution in [0.2, 0.25) is 0 Å². The number of aromatic amines is 1. The number of carbonyl (C=O) groups excluding carboxylic acids is 1. The lowest BCUT2D eigenvalue weighted by atomic mass is 9.91. The van der Waals surface area contributed by atoms with Crippen LogP contribution < -0.4 is 16.6 Å². The Bertz CT molecular complexity index is 1430. The highest BCUT2D eigenvalue weighted by Crippen LogP contribution is 2.28. The Morgan fingerprint density at radius 1 is 1.24 bits per heavy atom. The van der Waals surface area contributed by atoms with E-state index in [2.05, 4.69) is 21.0 Å². The van der Waals surface area contributed by atoms with Crippen LogP contribution in [0.15, 0.2) is 56.9 Å². The number of hydrogen-bond acceptors (Lipinski definition) is 4. The van der Waals surface area contributed by atoms with Gasteiger partial charge in [-0.2, -0.15) is 0 Å². The van der Waals surface area contributed by atoms with Gasteiger partial charge in [-0.25, -0.2) is 22.5 Å². The highest BCUT2D eigenvalue weighted by atomic mass is 19.1. The first-order valence-electron chi connectivity index (χ1n) is 10.2. The molecule has 1 amide bonds. The van der Waals surface area contributed by atoms with Crippen molar-refractivity contribution in [1.82, 2.24) is 19.9 Å². The summed E-state index contributed by atoms with van der Waals surface area (Å²) in [5.41, 5.74) is 2.26. The van der Waals surface area contributed by atoms with Crippen LogP contribution in [-0.2, 0) is 11.3 Å². The summed E-state index contributed by atoms with van der Waals surface area (Å²) in [7, 11) is 0. The third-order valence-electron chi connectivity index (χ3n) is 4.87. The zero-order chi connectivity index (χ0) is 24.3. The second kappa shape index (κ2) is 9.70. The number of pyridine rings is 1. The zero-order valence-electron chi connectivity index (χ0n) is 18.1. The average Bonchev–Trinajstić information content (AvgIpc) is 2.76. The number of fused-ring (bicyclic) bond motifs is 1. The Hall–Kier alpha value is -3.91. The molecule has 0 aliphatic heterocycles. The predicted octanol–water partition coefficient (Wildman–Crippen LogP) is 3.75. The molecule has 0 saturated carbocycles. The van der Waals surface area contributed by atoms with Crippen molar-refractivity contribution >= 4 is 16.8 Å². The summed E-state index contributed by atoms with van der Waals surface area (Å²) in [4.78, 5) is 44.6. The Labute approximate surface area is 189 Å². The van der Waals surface area contributed by atoms with E-state index in [9.17, 15) is 27.6 Å². The quantitative estimate of drug-likeness (QED) is 0.565. The van der Waals surface area contributed by atoms with Crippen molar-refractivity contribution in [2.75, 3.05) is 0 Å². The number of halogens is 3. The average molecular weight is 462 g/mol. The van der Waals surface area contributed by atoms with Gasteiger partial charge in [0.2, 0.25) is 5.91 Å². The monoisotopic (exact) mass is 462 g/mol. The fraction of sp³-hybridized carbons (Fsp3) is 0.261. The summed E-state index contributed by atoms with van der Waals surface area (Å²) in [6, 6.07) is 2.56. The van der Waals surface area contributed by atoms with Crippen LogP contribution in [0.4, 0.5) is 13.2 Å². The lowest BCUT2D eigenvalue weighted by molar-refractivity contribution is -0.123. The van der Waals surface area contributed by atoms with Gasteiger partial charge in [0.15, 0.2) is 0 Å². The Morgan fingerprint density at radius 3 is 2.58 bits per heavy atom. The number of H-pyrrole nitrogens is 1. The Balaban J connectivity index is 0.00000149. The minimum absolute atomic E-state index is 0. The van der Waals surface area contributed by atoms with Gasteiger partial charge in [0, 0.05) is 20.9 Å². The predicted molar refractivity (Wildman–Crippen MR) is 120 cm³/mol. The maximum atomic E-state index is 13.8. The number of carbonyl (C=O) groups is 1. The summed E-state index contributed by atoms with van der Waals surface area (Å²) in [6.07, 6.45) is 1.13. The molecule has 0 bridgehead atoms. The van der Waals surface area contributed by atoms with Gasteiger partial charge in [-0.15, -0.1) is 5.73 Å². The smallest absolute Gasteiger partial charge is 0.329 e. The van der Waals surface area contributed by atoms with E-state index in [0.29, 0.717) is 22.6 Å². The number of rotatable bonds is 5. The number of nitrogens with one attached hydrogen (secondary N) is 2. The van der Waals surface area contributed by atoms with Gasteiger partial charge in [-0.3, -0.25) is 14.6 Å². The fourth-order valence-electron chi connectivity index (χ4n) is 3.41. The maximum Gasteiger partial charge on any atom is 0.329 e. The molecule has 2 N–H and O–H groups in total. The highest BCUT2D eigenvalue weighted by Gasteiger charge is 2.31. The van der Waals surface area contributed by atoms with Gasteiger partial charge < -0.3 is 10.3 Å². The van der Waals surface area contributed by atoms with Crippen LogP contribution in [0, 0.1) is 17.5 Å². The van der Waals surface area contributed by atoms with Crippen LogP contribution in [0.25, 0.3) is 10.9 Å². The molecule has 10 heteroatoms. The molecule has 3 aromatic rings. The molecule has 2 heterocycles. The van der Waals surface area contributed by atoms with Crippen molar-refractivity contribution in [1.29, 1.82) is 0 Å². The highest BCUT2D eigenvalue weighted by molar-refractivity contribution is 5.84. The summed E-state index contributed by atoms with van der Waals surface area (Å²) in [5, 5.41) is 2.31. The molecule has 2 aromatic heterocycles. The van der Waals surface area contributed by atoms with E-state index >= 15 is 0 Å². The van der Waals surface area contributed by atoms with Crippen molar-refractivity contribution in [3.63, 3.8) is 0 Å². The van der Waals surface area contributed by atoms with Gasteiger partial charge in [0.05, 0.1) is 29.3 Å². The first kappa shape index (κ1) is 23.7. The molecule has 0 radical (unpaired) electrons. The number of aromatic nitrogens is 3. The fourth-order valence-corrected chi connectivity index (χ4v) is 3.41. The second-order valence-electron chi connectivity index (χ2n) is 7.10. The second-order valence-corrected chi connectivity index (χ2v) is 7.10. The lowest BCUT2D eigenvalue weighted by Crippen LogP contribution is -2.45. The molecule has 0 saturated heterocycles. The van der Waals surface area contributed by atoms with E-state index < -0.39 is 47.2 Å². The largest absolute Gasteiger partial charge is 0.348 e. The number of amides is 1. The minimum Gasteiger partial charge on any atom is -0.348 e. The van der Waals surface area contributed by atoms with Crippen molar-refractivity contribution < 1.29 is 20.8 Å². The number of nitrogens with zero attached hydrogens (tertiary/aromatic N) is 2. The molecule has 1 aliphatic rings. The summed E-state index contributed by atoms with van der Waals surface area (Å²) >= 11 is 0. The normalized spacial score (nSPS) is 13.3. The molecule has 1 aliphatic carbocycles. The molecule has 7 nitrogen and oxygen atoms in total. The zero-order valence-corrected chi connectivity index (χ0v) is 18.1. The molecular weight excluding hydrogens is 437 g/mol. The molecular formula is C23H25F3N4O3. The molecule has 176 valence electrons. The SMILES string of the molecule is CC.CC1=C=C([C@@H](C(=O)NCc2ncc(F)cc2F)n2c(=O)[nH]c3ccc(F)cc3c2=O)C1.[HH].[HH]. The van der Waals surface area contributed by atoms with Crippen molar-refractivity contribution in [2.24, 2.45) is 0 Å². The first-order valence-corrected chi connectivity index (χ1v) is 10.2. The topological polar surface area (TPSA) is 96.8 Å². The molecule has 0 fully saturated rings. The molecule has 0 unspecified atom stereocenters. The first-order chi connectivity index (χ1) is 15.7. The van der Waals surface area contributed by atoms with Crippen LogP contribution >= 0.6 is 0 Å². The molecule has 4 rings (SSSR count). The number of hydrogen-bond donors (Lipinski definition) is 2. The Morgan fingerprint density at radius 2 is 1.94 bits per heavy atom. The van der Waals surface area contributed by atoms with Crippen LogP contribution in [-0.4, -0.2) is 20.4 Å². The Kier molecular flexibility index (Phi) is 6.98. The van der Waals surface area contributed by atoms with E-state index in [1.54, 1.807) is 6.92 Å².